The van der Waals surface area contributed by atoms with Crippen molar-refractivity contribution in [3.8, 4) is 0 Å². The molecule has 0 aliphatic heterocycles. The lowest BCUT2D eigenvalue weighted by Crippen LogP contribution is -2.03. The van der Waals surface area contributed by atoms with Crippen molar-refractivity contribution < 1.29 is 14.8 Å². The van der Waals surface area contributed by atoms with Crippen LogP contribution < -0.4 is 0 Å². The zero-order valence-electron chi connectivity index (χ0n) is 7.15. The monoisotopic (exact) mass is 307 g/mol. The van der Waals surface area contributed by atoms with Crippen molar-refractivity contribution in [3.63, 3.8) is 0 Å². The van der Waals surface area contributed by atoms with Crippen LogP contribution in [0.5, 0.6) is 0 Å². The summed E-state index contributed by atoms with van der Waals surface area (Å²) in [7, 11) is 0. The lowest BCUT2D eigenvalue weighted by Gasteiger charge is -2.02. The molecular weight excluding hydrogens is 301 g/mol. The number of carboxylic acid groups (broad SMARTS) is 1. The highest BCUT2D eigenvalue weighted by atomic mass is 127. The van der Waals surface area contributed by atoms with E-state index in [0.717, 1.165) is 0 Å². The van der Waals surface area contributed by atoms with E-state index >= 15 is 0 Å². The Bertz CT molecular complexity index is 381. The highest BCUT2D eigenvalue weighted by Crippen LogP contribution is 2.24. The molecule has 0 saturated carbocycles. The summed E-state index contributed by atoms with van der Waals surface area (Å²) in [4.78, 5) is 20.7. The van der Waals surface area contributed by atoms with E-state index in [1.54, 1.807) is 0 Å². The first-order valence-corrected chi connectivity index (χ1v) is 4.69. The Hall–Kier alpha value is -1.18. The van der Waals surface area contributed by atoms with Crippen LogP contribution >= 0.6 is 22.6 Å². The predicted octanol–water partition coefficient (Wildman–Crippen LogP) is 2.21. The third kappa shape index (κ3) is 2.00. The average molecular weight is 307 g/mol. The average Bonchev–Trinajstić information content (AvgIpc) is 2.07. The van der Waals surface area contributed by atoms with Crippen LogP contribution in [0, 0.1) is 20.6 Å². The number of aromatic carboxylic acids is 1. The molecule has 0 aromatic heterocycles. The van der Waals surface area contributed by atoms with Gasteiger partial charge in [0, 0.05) is 15.2 Å². The van der Waals surface area contributed by atoms with Crippen molar-refractivity contribution in [3.05, 3.63) is 36.9 Å². The van der Waals surface area contributed by atoms with Gasteiger partial charge < -0.3 is 5.11 Å². The summed E-state index contributed by atoms with van der Waals surface area (Å²) in [6.07, 6.45) is 0. The Morgan fingerprint density at radius 1 is 1.57 bits per heavy atom. The molecule has 0 unspecified atom stereocenters. The summed E-state index contributed by atoms with van der Waals surface area (Å²) >= 11 is 1.85. The fourth-order valence-electron chi connectivity index (χ4n) is 1.08. The van der Waals surface area contributed by atoms with Gasteiger partial charge >= 0.3 is 5.97 Å². The number of carbonyl (C=O) groups is 1. The zero-order valence-corrected chi connectivity index (χ0v) is 9.31. The summed E-state index contributed by atoms with van der Waals surface area (Å²) in [5.74, 6) is -1.15. The number of carboxylic acids is 1. The second-order valence-corrected chi connectivity index (χ2v) is 3.91. The second-order valence-electron chi connectivity index (χ2n) is 2.66. The molecule has 0 aliphatic carbocycles. The largest absolute Gasteiger partial charge is 0.478 e. The van der Waals surface area contributed by atoms with Crippen molar-refractivity contribution in [2.24, 2.45) is 0 Å². The van der Waals surface area contributed by atoms with Gasteiger partial charge in [-0.15, -0.1) is 0 Å². The molecule has 0 spiro atoms. The summed E-state index contributed by atoms with van der Waals surface area (Å²) < 4.78 is 0.539. The van der Waals surface area contributed by atoms with Gasteiger partial charge in [0.25, 0.3) is 5.69 Å². The molecule has 0 radical (unpaired) electrons. The van der Waals surface area contributed by atoms with E-state index in [4.69, 9.17) is 5.11 Å². The lowest BCUT2D eigenvalue weighted by molar-refractivity contribution is -0.385. The van der Waals surface area contributed by atoms with Crippen LogP contribution in [0.25, 0.3) is 0 Å². The van der Waals surface area contributed by atoms with Crippen molar-refractivity contribution in [1.82, 2.24) is 0 Å². The third-order valence-electron chi connectivity index (χ3n) is 1.77. The Morgan fingerprint density at radius 2 is 2.14 bits per heavy atom. The van der Waals surface area contributed by atoms with E-state index in [0.29, 0.717) is 3.57 Å². The maximum Gasteiger partial charge on any atom is 0.336 e. The first-order chi connectivity index (χ1) is 6.43. The molecule has 0 amide bonds. The van der Waals surface area contributed by atoms with Gasteiger partial charge in [0.1, 0.15) is 0 Å². The predicted molar refractivity (Wildman–Crippen MR) is 57.5 cm³/mol. The molecular formula is C8H6INO4. The molecule has 0 atom stereocenters. The van der Waals surface area contributed by atoms with E-state index in [2.05, 4.69) is 0 Å². The van der Waals surface area contributed by atoms with Crippen LogP contribution in [0.15, 0.2) is 12.1 Å². The summed E-state index contributed by atoms with van der Waals surface area (Å²) in [5, 5.41) is 19.3. The Balaban J connectivity index is 3.47. The Kier molecular flexibility index (Phi) is 3.04. The molecule has 14 heavy (non-hydrogen) atoms. The fourth-order valence-corrected chi connectivity index (χ4v) is 1.68. The zero-order chi connectivity index (χ0) is 10.9. The molecule has 0 heterocycles. The molecule has 1 aromatic carbocycles. The van der Waals surface area contributed by atoms with E-state index in [1.165, 1.54) is 19.1 Å². The molecule has 0 fully saturated rings. The highest BCUT2D eigenvalue weighted by Gasteiger charge is 2.18. The summed E-state index contributed by atoms with van der Waals surface area (Å²) in [6, 6.07) is 2.76. The number of nitro groups is 1. The summed E-state index contributed by atoms with van der Waals surface area (Å²) in [5.41, 5.74) is 0.000756. The minimum absolute atomic E-state index is 0.0244. The maximum atomic E-state index is 10.7. The van der Waals surface area contributed by atoms with Crippen molar-refractivity contribution >= 4 is 34.2 Å². The number of hydrogen-bond acceptors (Lipinski definition) is 3. The molecule has 74 valence electrons. The number of nitro benzene ring substituents is 1. The van der Waals surface area contributed by atoms with Crippen LogP contribution in [0.2, 0.25) is 0 Å². The van der Waals surface area contributed by atoms with E-state index in [1.807, 2.05) is 22.6 Å². The second kappa shape index (κ2) is 3.91. The topological polar surface area (TPSA) is 80.4 Å². The molecule has 0 aliphatic rings. The van der Waals surface area contributed by atoms with E-state index in [-0.39, 0.29) is 16.8 Å². The number of rotatable bonds is 2. The number of hydrogen-bond donors (Lipinski definition) is 1. The minimum atomic E-state index is -1.15. The van der Waals surface area contributed by atoms with Gasteiger partial charge in [-0.2, -0.15) is 0 Å². The van der Waals surface area contributed by atoms with Crippen LogP contribution in [0.4, 0.5) is 5.69 Å². The summed E-state index contributed by atoms with van der Waals surface area (Å²) in [6.45, 7) is 1.43. The standard InChI is InChI=1S/C8H6INO4/c1-4-6(8(11)12)2-5(9)3-7(4)10(13)14/h2-3H,1H3,(H,11,12). The Labute approximate surface area is 93.0 Å². The van der Waals surface area contributed by atoms with Crippen molar-refractivity contribution in [2.45, 2.75) is 6.92 Å². The highest BCUT2D eigenvalue weighted by molar-refractivity contribution is 14.1. The maximum absolute atomic E-state index is 10.7. The first kappa shape index (κ1) is 10.9. The van der Waals surface area contributed by atoms with Crippen LogP contribution in [0.1, 0.15) is 15.9 Å². The molecule has 5 nitrogen and oxygen atoms in total. The van der Waals surface area contributed by atoms with Crippen molar-refractivity contribution in [1.29, 1.82) is 0 Å². The van der Waals surface area contributed by atoms with Gasteiger partial charge in [0.05, 0.1) is 10.5 Å². The van der Waals surface area contributed by atoms with Gasteiger partial charge in [0.15, 0.2) is 0 Å². The lowest BCUT2D eigenvalue weighted by atomic mass is 10.1. The van der Waals surface area contributed by atoms with Crippen LogP contribution in [-0.2, 0) is 0 Å². The quantitative estimate of drug-likeness (QED) is 0.516. The van der Waals surface area contributed by atoms with Gasteiger partial charge in [0.2, 0.25) is 0 Å². The van der Waals surface area contributed by atoms with Gasteiger partial charge in [-0.1, -0.05) is 0 Å². The van der Waals surface area contributed by atoms with Crippen molar-refractivity contribution in [2.75, 3.05) is 0 Å². The third-order valence-corrected chi connectivity index (χ3v) is 2.39. The van der Waals surface area contributed by atoms with Gasteiger partial charge in [-0.05, 0) is 35.6 Å². The number of nitrogens with zero attached hydrogens (tertiary/aromatic N) is 1. The molecule has 0 bridgehead atoms. The van der Waals surface area contributed by atoms with Gasteiger partial charge in [-0.3, -0.25) is 10.1 Å². The van der Waals surface area contributed by atoms with Crippen LogP contribution in [0.3, 0.4) is 0 Å². The minimum Gasteiger partial charge on any atom is -0.478 e. The van der Waals surface area contributed by atoms with Gasteiger partial charge in [-0.25, -0.2) is 4.79 Å². The molecule has 1 rings (SSSR count). The molecule has 1 N–H and O–H groups in total. The molecule has 6 heteroatoms. The Morgan fingerprint density at radius 3 is 2.57 bits per heavy atom. The number of benzene rings is 1. The first-order valence-electron chi connectivity index (χ1n) is 3.61. The smallest absolute Gasteiger partial charge is 0.336 e. The van der Waals surface area contributed by atoms with Crippen LogP contribution in [-0.4, -0.2) is 16.0 Å². The molecule has 1 aromatic rings. The van der Waals surface area contributed by atoms with E-state index in [9.17, 15) is 14.9 Å². The fraction of sp³-hybridized carbons (Fsp3) is 0.125. The SMILES string of the molecule is Cc1c(C(=O)O)cc(I)cc1[N+](=O)[O-]. The van der Waals surface area contributed by atoms with E-state index < -0.39 is 10.9 Å². The normalized spacial score (nSPS) is 9.86. The number of halogens is 1. The molecule has 0 saturated heterocycles.